The summed E-state index contributed by atoms with van der Waals surface area (Å²) in [4.78, 5) is 2.29. The molecule has 0 spiro atoms. The molecule has 0 radical (unpaired) electrons. The second kappa shape index (κ2) is 5.94. The Morgan fingerprint density at radius 3 is 2.38 bits per heavy atom. The fourth-order valence-corrected chi connectivity index (χ4v) is 3.95. The highest BCUT2D eigenvalue weighted by Gasteiger charge is 2.39. The SMILES string of the molecule is CC(C)C1CNC(C2CC2)CN1c1c(Cl)cc(F)cc1Cl. The monoisotopic (exact) mass is 330 g/mol. The van der Waals surface area contributed by atoms with Crippen LogP contribution in [0.3, 0.4) is 0 Å². The number of rotatable bonds is 3. The summed E-state index contributed by atoms with van der Waals surface area (Å²) in [5, 5.41) is 4.47. The maximum absolute atomic E-state index is 13.4. The van der Waals surface area contributed by atoms with Gasteiger partial charge in [0.1, 0.15) is 5.82 Å². The van der Waals surface area contributed by atoms with Crippen molar-refractivity contribution >= 4 is 28.9 Å². The largest absolute Gasteiger partial charge is 0.363 e. The van der Waals surface area contributed by atoms with Gasteiger partial charge in [0.25, 0.3) is 0 Å². The topological polar surface area (TPSA) is 15.3 Å². The molecule has 3 rings (SSSR count). The van der Waals surface area contributed by atoms with E-state index in [2.05, 4.69) is 24.1 Å². The maximum atomic E-state index is 13.4. The number of nitrogens with zero attached hydrogens (tertiary/aromatic N) is 1. The van der Waals surface area contributed by atoms with Crippen molar-refractivity contribution in [2.24, 2.45) is 11.8 Å². The Hall–Kier alpha value is -0.510. The molecule has 116 valence electrons. The van der Waals surface area contributed by atoms with E-state index in [9.17, 15) is 4.39 Å². The third-order valence-corrected chi connectivity index (χ3v) is 5.19. The average molecular weight is 331 g/mol. The highest BCUT2D eigenvalue weighted by molar-refractivity contribution is 6.39. The molecule has 2 fully saturated rings. The molecular weight excluding hydrogens is 310 g/mol. The van der Waals surface area contributed by atoms with E-state index >= 15 is 0 Å². The predicted molar refractivity (Wildman–Crippen MR) is 86.9 cm³/mol. The summed E-state index contributed by atoms with van der Waals surface area (Å²) in [6, 6.07) is 3.51. The molecular formula is C16H21Cl2FN2. The predicted octanol–water partition coefficient (Wildman–Crippen LogP) is 4.35. The van der Waals surface area contributed by atoms with E-state index in [-0.39, 0.29) is 5.82 Å². The van der Waals surface area contributed by atoms with E-state index in [1.807, 2.05) is 0 Å². The van der Waals surface area contributed by atoms with Gasteiger partial charge < -0.3 is 10.2 Å². The minimum absolute atomic E-state index is 0.320. The fraction of sp³-hybridized carbons (Fsp3) is 0.625. The van der Waals surface area contributed by atoms with E-state index in [1.54, 1.807) is 0 Å². The van der Waals surface area contributed by atoms with Crippen LogP contribution >= 0.6 is 23.2 Å². The van der Waals surface area contributed by atoms with Gasteiger partial charge in [0, 0.05) is 25.2 Å². The van der Waals surface area contributed by atoms with Crippen LogP contribution in [0.1, 0.15) is 26.7 Å². The molecule has 1 N–H and O–H groups in total. The van der Waals surface area contributed by atoms with Crippen LogP contribution in [0.4, 0.5) is 10.1 Å². The summed E-state index contributed by atoms with van der Waals surface area (Å²) < 4.78 is 13.4. The molecule has 1 saturated heterocycles. The van der Waals surface area contributed by atoms with Crippen LogP contribution in [0.5, 0.6) is 0 Å². The van der Waals surface area contributed by atoms with Crippen molar-refractivity contribution in [2.75, 3.05) is 18.0 Å². The van der Waals surface area contributed by atoms with E-state index in [0.29, 0.717) is 28.0 Å². The van der Waals surface area contributed by atoms with Gasteiger partial charge in [-0.1, -0.05) is 37.0 Å². The summed E-state index contributed by atoms with van der Waals surface area (Å²) in [6.07, 6.45) is 2.59. The number of hydrogen-bond donors (Lipinski definition) is 1. The number of halogens is 3. The molecule has 1 aliphatic heterocycles. The molecule has 1 aliphatic carbocycles. The first-order valence-corrected chi connectivity index (χ1v) is 8.37. The molecule has 0 amide bonds. The Balaban J connectivity index is 1.94. The van der Waals surface area contributed by atoms with E-state index in [4.69, 9.17) is 23.2 Å². The third kappa shape index (κ3) is 3.15. The highest BCUT2D eigenvalue weighted by atomic mass is 35.5. The van der Waals surface area contributed by atoms with Crippen LogP contribution in [0, 0.1) is 17.7 Å². The van der Waals surface area contributed by atoms with E-state index in [0.717, 1.165) is 24.7 Å². The van der Waals surface area contributed by atoms with Crippen molar-refractivity contribution in [3.05, 3.63) is 28.0 Å². The van der Waals surface area contributed by atoms with Crippen molar-refractivity contribution in [3.63, 3.8) is 0 Å². The third-order valence-electron chi connectivity index (χ3n) is 4.61. The van der Waals surface area contributed by atoms with Crippen molar-refractivity contribution in [3.8, 4) is 0 Å². The molecule has 5 heteroatoms. The summed E-state index contributed by atoms with van der Waals surface area (Å²) >= 11 is 12.6. The first kappa shape index (κ1) is 15.4. The van der Waals surface area contributed by atoms with Gasteiger partial charge in [-0.2, -0.15) is 0 Å². The van der Waals surface area contributed by atoms with E-state index < -0.39 is 0 Å². The quantitative estimate of drug-likeness (QED) is 0.886. The van der Waals surface area contributed by atoms with Gasteiger partial charge in [0.2, 0.25) is 0 Å². The molecule has 2 nitrogen and oxygen atoms in total. The molecule has 1 heterocycles. The summed E-state index contributed by atoms with van der Waals surface area (Å²) in [5.41, 5.74) is 0.783. The van der Waals surface area contributed by atoms with Gasteiger partial charge in [-0.15, -0.1) is 0 Å². The van der Waals surface area contributed by atoms with Crippen molar-refractivity contribution in [1.82, 2.24) is 5.32 Å². The van der Waals surface area contributed by atoms with Crippen LogP contribution in [0.15, 0.2) is 12.1 Å². The first-order chi connectivity index (χ1) is 9.97. The molecule has 21 heavy (non-hydrogen) atoms. The van der Waals surface area contributed by atoms with Gasteiger partial charge >= 0.3 is 0 Å². The second-order valence-corrected chi connectivity index (χ2v) is 7.35. The molecule has 0 bridgehead atoms. The van der Waals surface area contributed by atoms with Gasteiger partial charge in [0.05, 0.1) is 15.7 Å². The zero-order chi connectivity index (χ0) is 15.1. The Kier molecular flexibility index (Phi) is 4.35. The fourth-order valence-electron chi connectivity index (χ4n) is 3.27. The van der Waals surface area contributed by atoms with Crippen LogP contribution in [0.2, 0.25) is 10.0 Å². The molecule has 0 aromatic heterocycles. The van der Waals surface area contributed by atoms with Gasteiger partial charge in [-0.3, -0.25) is 0 Å². The molecule has 2 aliphatic rings. The normalized spacial score (nSPS) is 26.5. The smallest absolute Gasteiger partial charge is 0.126 e. The van der Waals surface area contributed by atoms with Crippen molar-refractivity contribution in [1.29, 1.82) is 0 Å². The minimum atomic E-state index is -0.385. The van der Waals surface area contributed by atoms with Crippen LogP contribution in [0.25, 0.3) is 0 Å². The number of hydrogen-bond acceptors (Lipinski definition) is 2. The first-order valence-electron chi connectivity index (χ1n) is 7.62. The standard InChI is InChI=1S/C16H21Cl2FN2/c1-9(2)15-7-20-14(10-3-4-10)8-21(15)16-12(17)5-11(19)6-13(16)18/h5-6,9-10,14-15,20H,3-4,7-8H2,1-2H3. The highest BCUT2D eigenvalue weighted by Crippen LogP contribution is 2.40. The Morgan fingerprint density at radius 2 is 1.86 bits per heavy atom. The Morgan fingerprint density at radius 1 is 1.24 bits per heavy atom. The van der Waals surface area contributed by atoms with Crippen LogP contribution < -0.4 is 10.2 Å². The zero-order valence-electron chi connectivity index (χ0n) is 12.4. The number of nitrogens with one attached hydrogen (secondary N) is 1. The molecule has 1 saturated carbocycles. The lowest BCUT2D eigenvalue weighted by Crippen LogP contribution is -2.59. The Bertz CT molecular complexity index is 508. The summed E-state index contributed by atoms with van der Waals surface area (Å²) in [6.45, 7) is 6.20. The lowest BCUT2D eigenvalue weighted by molar-refractivity contribution is 0.320. The molecule has 1 aromatic carbocycles. The minimum Gasteiger partial charge on any atom is -0.363 e. The van der Waals surface area contributed by atoms with Crippen LogP contribution in [-0.4, -0.2) is 25.2 Å². The van der Waals surface area contributed by atoms with Crippen molar-refractivity contribution in [2.45, 2.75) is 38.8 Å². The number of anilines is 1. The Labute approximate surface area is 135 Å². The van der Waals surface area contributed by atoms with Gasteiger partial charge in [0.15, 0.2) is 0 Å². The lowest BCUT2D eigenvalue weighted by Gasteiger charge is -2.44. The number of benzene rings is 1. The second-order valence-electron chi connectivity index (χ2n) is 6.53. The van der Waals surface area contributed by atoms with Gasteiger partial charge in [-0.25, -0.2) is 4.39 Å². The molecule has 2 unspecified atom stereocenters. The summed E-state index contributed by atoms with van der Waals surface area (Å²) in [7, 11) is 0. The lowest BCUT2D eigenvalue weighted by atomic mass is 9.96. The molecule has 1 aromatic rings. The molecule has 2 atom stereocenters. The number of piperazine rings is 1. The maximum Gasteiger partial charge on any atom is 0.126 e. The zero-order valence-corrected chi connectivity index (χ0v) is 13.9. The van der Waals surface area contributed by atoms with Crippen LogP contribution in [-0.2, 0) is 0 Å². The summed E-state index contributed by atoms with van der Waals surface area (Å²) in [5.74, 6) is 0.845. The average Bonchev–Trinajstić information content (AvgIpc) is 3.21. The van der Waals surface area contributed by atoms with Crippen molar-refractivity contribution < 1.29 is 4.39 Å². The van der Waals surface area contributed by atoms with Gasteiger partial charge in [-0.05, 0) is 36.8 Å². The van der Waals surface area contributed by atoms with E-state index in [1.165, 1.54) is 25.0 Å².